The number of aromatic amines is 1. The molecule has 0 atom stereocenters. The molecule has 3 N–H and O–H groups in total. The van der Waals surface area contributed by atoms with E-state index in [0.717, 1.165) is 18.8 Å². The van der Waals surface area contributed by atoms with Crippen molar-refractivity contribution in [2.24, 2.45) is 0 Å². The van der Waals surface area contributed by atoms with Crippen molar-refractivity contribution in [1.82, 2.24) is 25.4 Å². The average molecular weight is 565 g/mol. The summed E-state index contributed by atoms with van der Waals surface area (Å²) in [7, 11) is -0.796. The Hall–Kier alpha value is -4.04. The highest BCUT2D eigenvalue weighted by Crippen LogP contribution is 2.35. The maximum atomic E-state index is 15.5. The summed E-state index contributed by atoms with van der Waals surface area (Å²) in [4.78, 5) is 17.5. The minimum absolute atomic E-state index is 0.00691. The van der Waals surface area contributed by atoms with E-state index in [1.165, 1.54) is 13.0 Å². The minimum Gasteiger partial charge on any atom is -0.351 e. The maximum absolute atomic E-state index is 15.5. The number of carbonyl (C=O) groups is 1. The van der Waals surface area contributed by atoms with E-state index in [1.807, 2.05) is 23.7 Å². The highest BCUT2D eigenvalue weighted by molar-refractivity contribution is 7.92. The fourth-order valence-electron chi connectivity index (χ4n) is 3.93. The van der Waals surface area contributed by atoms with Gasteiger partial charge in [0.15, 0.2) is 11.6 Å². The fourth-order valence-corrected chi connectivity index (χ4v) is 5.19. The molecule has 0 fully saturated rings. The van der Waals surface area contributed by atoms with E-state index < -0.39 is 60.9 Å². The Morgan fingerprint density at radius 3 is 2.49 bits per heavy atom. The van der Waals surface area contributed by atoms with E-state index >= 15 is 8.78 Å². The Bertz CT molecular complexity index is 1670. The predicted octanol–water partition coefficient (Wildman–Crippen LogP) is 3.97. The van der Waals surface area contributed by atoms with Gasteiger partial charge in [0.1, 0.15) is 27.7 Å². The summed E-state index contributed by atoms with van der Waals surface area (Å²) in [5.41, 5.74) is -2.22. The Morgan fingerprint density at radius 1 is 1.03 bits per heavy atom. The third-order valence-electron chi connectivity index (χ3n) is 5.83. The number of aromatic nitrogens is 3. The molecule has 9 nitrogen and oxygen atoms in total. The van der Waals surface area contributed by atoms with Gasteiger partial charge in [-0.1, -0.05) is 6.07 Å². The van der Waals surface area contributed by atoms with E-state index in [1.54, 1.807) is 0 Å². The van der Waals surface area contributed by atoms with Gasteiger partial charge in [-0.25, -0.2) is 26.0 Å². The van der Waals surface area contributed by atoms with Crippen molar-refractivity contribution in [3.8, 4) is 11.1 Å². The molecule has 0 unspecified atom stereocenters. The molecule has 0 aliphatic heterocycles. The first kappa shape index (κ1) is 28.0. The summed E-state index contributed by atoms with van der Waals surface area (Å²) in [5, 5.41) is 9.13. The molecule has 0 spiro atoms. The fraction of sp³-hybridized carbons (Fsp3) is 0.240. The predicted molar refractivity (Wildman–Crippen MR) is 137 cm³/mol. The first-order valence-corrected chi connectivity index (χ1v) is 13.1. The lowest BCUT2D eigenvalue weighted by molar-refractivity contribution is 0.0949. The van der Waals surface area contributed by atoms with Crippen LogP contribution in [-0.4, -0.2) is 61.6 Å². The molecule has 206 valence electrons. The molecule has 0 bridgehead atoms. The third-order valence-corrected chi connectivity index (χ3v) is 7.31. The highest BCUT2D eigenvalue weighted by atomic mass is 32.2. The molecule has 2 aromatic carbocycles. The van der Waals surface area contributed by atoms with Crippen LogP contribution in [-0.2, 0) is 10.0 Å². The zero-order valence-electron chi connectivity index (χ0n) is 21.1. The number of fused-ring (bicyclic) bond motifs is 1. The normalized spacial score (nSPS) is 11.8. The minimum atomic E-state index is -4.59. The molecular formula is C25H24F4N6O3S. The Balaban J connectivity index is 1.68. The third kappa shape index (κ3) is 5.86. The number of nitrogens with one attached hydrogen (secondary N) is 3. The Labute approximate surface area is 221 Å². The monoisotopic (exact) mass is 564 g/mol. The number of nitrogens with zero attached hydrogens (tertiary/aromatic N) is 3. The molecule has 2 heterocycles. The number of benzene rings is 2. The zero-order valence-corrected chi connectivity index (χ0v) is 21.9. The van der Waals surface area contributed by atoms with Crippen molar-refractivity contribution in [3.05, 3.63) is 71.2 Å². The van der Waals surface area contributed by atoms with Gasteiger partial charge in [0, 0.05) is 29.1 Å². The number of hydrogen-bond donors (Lipinski definition) is 3. The number of hydrogen-bond acceptors (Lipinski definition) is 6. The van der Waals surface area contributed by atoms with Gasteiger partial charge in [-0.15, -0.1) is 0 Å². The van der Waals surface area contributed by atoms with Crippen LogP contribution < -0.4 is 10.0 Å². The smallest absolute Gasteiger partial charge is 0.269 e. The van der Waals surface area contributed by atoms with E-state index in [9.17, 15) is 22.0 Å². The molecule has 1 amide bonds. The molecule has 4 rings (SSSR count). The molecule has 39 heavy (non-hydrogen) atoms. The summed E-state index contributed by atoms with van der Waals surface area (Å²) in [5.74, 6) is -4.87. The summed E-state index contributed by atoms with van der Waals surface area (Å²) in [6, 6.07) is 4.40. The van der Waals surface area contributed by atoms with Crippen LogP contribution in [0.3, 0.4) is 0 Å². The van der Waals surface area contributed by atoms with Crippen molar-refractivity contribution in [2.75, 3.05) is 31.9 Å². The summed E-state index contributed by atoms with van der Waals surface area (Å²) in [6.45, 7) is 2.42. The summed E-state index contributed by atoms with van der Waals surface area (Å²) in [6.07, 6.45) is 1.49. The van der Waals surface area contributed by atoms with E-state index in [2.05, 4.69) is 20.5 Å². The van der Waals surface area contributed by atoms with Gasteiger partial charge in [0.05, 0.1) is 17.6 Å². The standard InChI is InChI=1S/C25H24F4N6O3S/c1-13-20(11-15(27)12-31-13)39(37,38)34-19-10-14(26)9-18(21(19)28)16-5-6-17-23(22(16)29)32-33-24(17)25(36)30-7-4-8-35(2)3/h5-6,9-12,34H,4,7-8H2,1-3H3,(H,30,36)(H,32,33). The van der Waals surface area contributed by atoms with Gasteiger partial charge in [-0.2, -0.15) is 5.10 Å². The van der Waals surface area contributed by atoms with Gasteiger partial charge in [0.2, 0.25) is 0 Å². The van der Waals surface area contributed by atoms with Crippen molar-refractivity contribution >= 4 is 32.5 Å². The van der Waals surface area contributed by atoms with Crippen LogP contribution in [0.5, 0.6) is 0 Å². The zero-order chi connectivity index (χ0) is 28.5. The van der Waals surface area contributed by atoms with Crippen molar-refractivity contribution in [3.63, 3.8) is 0 Å². The van der Waals surface area contributed by atoms with Gasteiger partial charge < -0.3 is 10.2 Å². The molecule has 0 aliphatic carbocycles. The number of rotatable bonds is 9. The lowest BCUT2D eigenvalue weighted by Gasteiger charge is -2.14. The molecule has 4 aromatic rings. The van der Waals surface area contributed by atoms with Gasteiger partial charge in [-0.3, -0.25) is 19.6 Å². The van der Waals surface area contributed by atoms with Crippen LogP contribution in [0.25, 0.3) is 22.0 Å². The Kier molecular flexibility index (Phi) is 7.88. The summed E-state index contributed by atoms with van der Waals surface area (Å²) >= 11 is 0. The lowest BCUT2D eigenvalue weighted by atomic mass is 10.0. The molecule has 2 aromatic heterocycles. The first-order chi connectivity index (χ1) is 18.4. The SMILES string of the molecule is Cc1ncc(F)cc1S(=O)(=O)Nc1cc(F)cc(-c2ccc3c(C(=O)NCCCN(C)C)[nH]nc3c2F)c1F. The van der Waals surface area contributed by atoms with Crippen LogP contribution in [0, 0.1) is 30.2 Å². The Morgan fingerprint density at radius 2 is 1.77 bits per heavy atom. The molecular weight excluding hydrogens is 540 g/mol. The number of carbonyl (C=O) groups excluding carboxylic acids is 1. The number of sulfonamides is 1. The van der Waals surface area contributed by atoms with Crippen LogP contribution in [0.4, 0.5) is 23.2 Å². The van der Waals surface area contributed by atoms with Crippen molar-refractivity contribution < 1.29 is 30.8 Å². The molecule has 0 saturated heterocycles. The van der Waals surface area contributed by atoms with Crippen LogP contribution in [0.2, 0.25) is 0 Å². The summed E-state index contributed by atoms with van der Waals surface area (Å²) < 4.78 is 86.5. The number of aryl methyl sites for hydroxylation is 1. The molecule has 0 saturated carbocycles. The van der Waals surface area contributed by atoms with Crippen LogP contribution >= 0.6 is 0 Å². The quantitative estimate of drug-likeness (QED) is 0.209. The van der Waals surface area contributed by atoms with Crippen LogP contribution in [0.15, 0.2) is 41.4 Å². The van der Waals surface area contributed by atoms with E-state index in [4.69, 9.17) is 0 Å². The average Bonchev–Trinajstić information content (AvgIpc) is 3.30. The van der Waals surface area contributed by atoms with Gasteiger partial charge in [-0.05, 0) is 52.2 Å². The number of H-pyrrole nitrogens is 1. The van der Waals surface area contributed by atoms with Crippen molar-refractivity contribution in [2.45, 2.75) is 18.2 Å². The second kappa shape index (κ2) is 11.0. The molecule has 0 aliphatic rings. The van der Waals surface area contributed by atoms with Gasteiger partial charge in [0.25, 0.3) is 15.9 Å². The van der Waals surface area contributed by atoms with Crippen LogP contribution in [0.1, 0.15) is 22.6 Å². The number of anilines is 1. The maximum Gasteiger partial charge on any atom is 0.269 e. The lowest BCUT2D eigenvalue weighted by Crippen LogP contribution is -2.27. The van der Waals surface area contributed by atoms with Gasteiger partial charge >= 0.3 is 0 Å². The van der Waals surface area contributed by atoms with Crippen molar-refractivity contribution in [1.29, 1.82) is 0 Å². The highest BCUT2D eigenvalue weighted by Gasteiger charge is 2.25. The largest absolute Gasteiger partial charge is 0.351 e. The van der Waals surface area contributed by atoms with E-state index in [-0.39, 0.29) is 22.3 Å². The first-order valence-electron chi connectivity index (χ1n) is 11.6. The molecule has 0 radical (unpaired) electrons. The van der Waals surface area contributed by atoms with E-state index in [0.29, 0.717) is 31.2 Å². The molecule has 14 heteroatoms. The number of halogens is 4. The number of pyridine rings is 1. The second-order valence-corrected chi connectivity index (χ2v) is 10.6. The second-order valence-electron chi connectivity index (χ2n) is 8.99. The topological polar surface area (TPSA) is 120 Å². The number of amides is 1.